The van der Waals surface area contributed by atoms with Gasteiger partial charge >= 0.3 is 5.97 Å². The van der Waals surface area contributed by atoms with Crippen LogP contribution in [0.3, 0.4) is 0 Å². The van der Waals surface area contributed by atoms with E-state index in [1.807, 2.05) is 25.2 Å². The molecule has 0 N–H and O–H groups in total. The van der Waals surface area contributed by atoms with Gasteiger partial charge in [0.1, 0.15) is 0 Å². The molecule has 0 aliphatic rings. The molecule has 0 aromatic rings. The Bertz CT molecular complexity index is 323. The van der Waals surface area contributed by atoms with Crippen molar-refractivity contribution in [2.45, 2.75) is 6.92 Å². The van der Waals surface area contributed by atoms with Gasteiger partial charge in [-0.15, -0.1) is 0 Å². The first-order chi connectivity index (χ1) is 7.45. The molecule has 0 saturated carbocycles. The van der Waals surface area contributed by atoms with Crippen LogP contribution in [-0.4, -0.2) is 13.0 Å². The minimum atomic E-state index is -2.68. The zero-order valence-corrected chi connectivity index (χ0v) is 7.44. The monoisotopic (exact) mass is 181 g/mol. The average molecular weight is 181 g/mol. The number of methoxy groups -OCH3 is 1. The first-order valence-corrected chi connectivity index (χ1v) is 3.81. The summed E-state index contributed by atoms with van der Waals surface area (Å²) in [6, 6.07) is 0. The Hall–Kier alpha value is -1.57. The number of carbonyl (C=O) groups excluding carboxylic acids is 1. The summed E-state index contributed by atoms with van der Waals surface area (Å²) in [7, 11) is -2.68. The van der Waals surface area contributed by atoms with Crippen LogP contribution in [-0.2, 0) is 9.53 Å². The molecule has 0 unspecified atom stereocenters. The quantitative estimate of drug-likeness (QED) is 0.378. The molecule has 0 heterocycles. The maximum absolute atomic E-state index is 10.9. The Morgan fingerprint density at radius 3 is 2.38 bits per heavy atom. The van der Waals surface area contributed by atoms with Crippen LogP contribution in [0.5, 0.6) is 0 Å². The van der Waals surface area contributed by atoms with Gasteiger partial charge in [-0.05, 0) is 6.92 Å². The molecule has 13 heavy (non-hydrogen) atoms. The summed E-state index contributed by atoms with van der Waals surface area (Å²) < 4.78 is 24.1. The molecular formula is C11H14O2. The summed E-state index contributed by atoms with van der Waals surface area (Å²) in [6.07, 6.45) is 13.1. The molecule has 0 aliphatic heterocycles. The van der Waals surface area contributed by atoms with E-state index in [-0.39, 0.29) is 0 Å². The Labute approximate surface area is 83.1 Å². The Kier molecular flexibility index (Phi) is 4.52. The number of rotatable bonds is 4. The predicted octanol–water partition coefficient (Wildman–Crippen LogP) is 2.40. The van der Waals surface area contributed by atoms with Crippen molar-refractivity contribution in [2.24, 2.45) is 0 Å². The van der Waals surface area contributed by atoms with Crippen LogP contribution in [0.2, 0.25) is 0 Å². The van der Waals surface area contributed by atoms with E-state index >= 15 is 0 Å². The number of hydrogen-bond acceptors (Lipinski definition) is 2. The number of ether oxygens (including phenoxy) is 1. The molecule has 0 rings (SSSR count). The molecule has 70 valence electrons. The van der Waals surface area contributed by atoms with E-state index in [1.165, 1.54) is 6.08 Å². The second kappa shape index (κ2) is 8.53. The van der Waals surface area contributed by atoms with Gasteiger partial charge in [-0.3, -0.25) is 0 Å². The van der Waals surface area contributed by atoms with Crippen LogP contribution in [0.25, 0.3) is 0 Å². The molecule has 0 radical (unpaired) electrons. The minimum Gasteiger partial charge on any atom is -0.466 e. The van der Waals surface area contributed by atoms with Crippen molar-refractivity contribution in [2.75, 3.05) is 7.04 Å². The summed E-state index contributed by atoms with van der Waals surface area (Å²) in [5, 5.41) is 0. The van der Waals surface area contributed by atoms with Gasteiger partial charge in [-0.2, -0.15) is 0 Å². The van der Waals surface area contributed by atoms with Crippen LogP contribution >= 0.6 is 0 Å². The maximum Gasteiger partial charge on any atom is 0.330 e. The minimum absolute atomic E-state index is 0.887. The van der Waals surface area contributed by atoms with Crippen molar-refractivity contribution in [1.29, 1.82) is 0 Å². The largest absolute Gasteiger partial charge is 0.466 e. The molecular weight excluding hydrogens is 164 g/mol. The average Bonchev–Trinajstić information content (AvgIpc) is 2.13. The summed E-state index contributed by atoms with van der Waals surface area (Å²) in [6.45, 7) is 1.90. The second-order valence-corrected chi connectivity index (χ2v) is 2.08. The summed E-state index contributed by atoms with van der Waals surface area (Å²) in [4.78, 5) is 10.9. The lowest BCUT2D eigenvalue weighted by molar-refractivity contribution is -0.134. The molecule has 0 aromatic heterocycles. The zero-order valence-electron chi connectivity index (χ0n) is 10.4. The van der Waals surface area contributed by atoms with Gasteiger partial charge in [-0.25, -0.2) is 4.79 Å². The number of hydrogen-bond donors (Lipinski definition) is 0. The highest BCUT2D eigenvalue weighted by Crippen LogP contribution is 1.83. The SMILES string of the molecule is [2H]C([2H])([2H])OC(=O)/C=C/C=C/C=C/C=C/C. The van der Waals surface area contributed by atoms with Gasteiger partial charge < -0.3 is 4.74 Å². The summed E-state index contributed by atoms with van der Waals surface area (Å²) in [5.41, 5.74) is 0. The fourth-order valence-electron chi connectivity index (χ4n) is 0.536. The highest BCUT2D eigenvalue weighted by atomic mass is 16.5. The lowest BCUT2D eigenvalue weighted by Crippen LogP contribution is -1.92. The van der Waals surface area contributed by atoms with Crippen LogP contribution in [0.15, 0.2) is 48.6 Å². The fraction of sp³-hybridized carbons (Fsp3) is 0.182. The van der Waals surface area contributed by atoms with Crippen LogP contribution in [0.4, 0.5) is 0 Å². The smallest absolute Gasteiger partial charge is 0.330 e. The van der Waals surface area contributed by atoms with E-state index in [0.717, 1.165) is 6.08 Å². The van der Waals surface area contributed by atoms with E-state index in [9.17, 15) is 4.79 Å². The van der Waals surface area contributed by atoms with Crippen LogP contribution < -0.4 is 0 Å². The third-order valence-corrected chi connectivity index (χ3v) is 1.08. The normalized spacial score (nSPS) is 16.8. The molecule has 0 saturated heterocycles. The standard InChI is InChI=1S/C11H14O2/c1-3-4-5-6-7-8-9-10-11(12)13-2/h3-10H,1-2H3/b4-3+,6-5+,8-7+,10-9+/i2D3. The van der Waals surface area contributed by atoms with Gasteiger partial charge in [0, 0.05) is 6.08 Å². The van der Waals surface area contributed by atoms with Crippen molar-refractivity contribution in [3.05, 3.63) is 48.6 Å². The molecule has 0 aliphatic carbocycles. The maximum atomic E-state index is 10.9. The lowest BCUT2D eigenvalue weighted by Gasteiger charge is -1.85. The molecule has 0 fully saturated rings. The Morgan fingerprint density at radius 1 is 1.15 bits per heavy atom. The van der Waals surface area contributed by atoms with Crippen molar-refractivity contribution < 1.29 is 13.6 Å². The highest BCUT2D eigenvalue weighted by Gasteiger charge is 1.85. The summed E-state index contributed by atoms with van der Waals surface area (Å²) >= 11 is 0. The molecule has 2 heteroatoms. The van der Waals surface area contributed by atoms with E-state index in [0.29, 0.717) is 0 Å². The van der Waals surface area contributed by atoms with Crippen molar-refractivity contribution in [1.82, 2.24) is 0 Å². The molecule has 0 bridgehead atoms. The zero-order chi connectivity index (χ0) is 12.4. The topological polar surface area (TPSA) is 26.3 Å². The van der Waals surface area contributed by atoms with E-state index in [2.05, 4.69) is 4.74 Å². The molecule has 0 atom stereocenters. The van der Waals surface area contributed by atoms with Crippen LogP contribution in [0, 0.1) is 0 Å². The Balaban J connectivity index is 3.97. The molecule has 0 amide bonds. The first-order valence-electron chi connectivity index (χ1n) is 5.31. The number of allylic oxidation sites excluding steroid dienone is 7. The van der Waals surface area contributed by atoms with E-state index in [1.54, 1.807) is 18.2 Å². The van der Waals surface area contributed by atoms with Gasteiger partial charge in [0.2, 0.25) is 0 Å². The first kappa shape index (κ1) is 6.89. The van der Waals surface area contributed by atoms with E-state index < -0.39 is 13.0 Å². The Morgan fingerprint density at radius 2 is 1.77 bits per heavy atom. The van der Waals surface area contributed by atoms with Crippen molar-refractivity contribution in [3.8, 4) is 0 Å². The molecule has 0 aromatic carbocycles. The summed E-state index contributed by atoms with van der Waals surface area (Å²) in [5.74, 6) is -0.887. The molecule has 2 nitrogen and oxygen atoms in total. The van der Waals surface area contributed by atoms with Gasteiger partial charge in [0.25, 0.3) is 0 Å². The third kappa shape index (κ3) is 8.34. The van der Waals surface area contributed by atoms with Gasteiger partial charge in [0.05, 0.1) is 11.2 Å². The van der Waals surface area contributed by atoms with Crippen LogP contribution in [0.1, 0.15) is 11.0 Å². The van der Waals surface area contributed by atoms with Crippen molar-refractivity contribution in [3.63, 3.8) is 0 Å². The van der Waals surface area contributed by atoms with Crippen molar-refractivity contribution >= 4 is 5.97 Å². The van der Waals surface area contributed by atoms with Gasteiger partial charge in [0.15, 0.2) is 0 Å². The molecule has 0 spiro atoms. The third-order valence-electron chi connectivity index (χ3n) is 1.08. The van der Waals surface area contributed by atoms with E-state index in [4.69, 9.17) is 4.11 Å². The highest BCUT2D eigenvalue weighted by molar-refractivity contribution is 5.82. The lowest BCUT2D eigenvalue weighted by atomic mass is 10.4. The number of carbonyl (C=O) groups is 1. The predicted molar refractivity (Wildman–Crippen MR) is 54.3 cm³/mol. The van der Waals surface area contributed by atoms with Gasteiger partial charge in [-0.1, -0.05) is 42.5 Å². The second-order valence-electron chi connectivity index (χ2n) is 2.08. The fourth-order valence-corrected chi connectivity index (χ4v) is 0.536. The number of esters is 1.